The summed E-state index contributed by atoms with van der Waals surface area (Å²) in [5.74, 6) is 1.88. The van der Waals surface area contributed by atoms with Crippen LogP contribution in [-0.4, -0.2) is 48.4 Å². The van der Waals surface area contributed by atoms with Crippen LogP contribution in [0, 0.1) is 11.8 Å². The summed E-state index contributed by atoms with van der Waals surface area (Å²) < 4.78 is 5.24. The number of H-pyrrole nitrogens is 1. The fourth-order valence-electron chi connectivity index (χ4n) is 3.69. The third kappa shape index (κ3) is 5.06. The number of rotatable bonds is 7. The summed E-state index contributed by atoms with van der Waals surface area (Å²) in [7, 11) is 1.63. The van der Waals surface area contributed by atoms with E-state index in [4.69, 9.17) is 4.74 Å². The topological polar surface area (TPSA) is 74.4 Å². The predicted octanol–water partition coefficient (Wildman–Crippen LogP) is 3.58. The molecule has 0 spiro atoms. The van der Waals surface area contributed by atoms with Crippen molar-refractivity contribution in [3.63, 3.8) is 0 Å². The molecule has 0 atom stereocenters. The third-order valence-corrected chi connectivity index (χ3v) is 5.48. The number of hydrogen-bond acceptors (Lipinski definition) is 3. The van der Waals surface area contributed by atoms with Gasteiger partial charge in [0.2, 0.25) is 5.91 Å². The molecule has 2 N–H and O–H groups in total. The number of nitrogens with zero attached hydrogens (tertiary/aromatic N) is 1. The average Bonchev–Trinajstić information content (AvgIpc) is 3.10. The van der Waals surface area contributed by atoms with Gasteiger partial charge < -0.3 is 19.9 Å². The molecule has 152 valence electrons. The maximum absolute atomic E-state index is 12.8. The van der Waals surface area contributed by atoms with Crippen molar-refractivity contribution in [3.05, 3.63) is 30.0 Å². The minimum absolute atomic E-state index is 0.0231. The number of carbonyl (C=O) groups is 2. The zero-order valence-electron chi connectivity index (χ0n) is 17.1. The number of ether oxygens (including phenoxy) is 1. The second kappa shape index (κ2) is 9.13. The molecule has 6 heteroatoms. The molecule has 2 aromatic rings. The van der Waals surface area contributed by atoms with E-state index >= 15 is 0 Å². The van der Waals surface area contributed by atoms with Crippen molar-refractivity contribution < 1.29 is 14.3 Å². The maximum Gasteiger partial charge on any atom is 0.270 e. The number of nitrogens with one attached hydrogen (secondary N) is 2. The van der Waals surface area contributed by atoms with Crippen molar-refractivity contribution in [1.82, 2.24) is 15.2 Å². The first-order valence-electron chi connectivity index (χ1n) is 10.2. The molecule has 2 heterocycles. The lowest BCUT2D eigenvalue weighted by atomic mass is 9.93. The number of methoxy groups -OCH3 is 1. The molecule has 2 amide bonds. The molecular formula is C22H31N3O3. The Balaban J connectivity index is 1.50. The summed E-state index contributed by atoms with van der Waals surface area (Å²) in [6.45, 7) is 6.45. The Hall–Kier alpha value is -2.50. The van der Waals surface area contributed by atoms with Crippen LogP contribution in [0.1, 0.15) is 50.0 Å². The molecule has 0 bridgehead atoms. The second-order valence-corrected chi connectivity index (χ2v) is 8.11. The number of amides is 2. The van der Waals surface area contributed by atoms with E-state index in [0.29, 0.717) is 37.0 Å². The minimum Gasteiger partial charge on any atom is -0.497 e. The van der Waals surface area contributed by atoms with Gasteiger partial charge in [-0.1, -0.05) is 13.8 Å². The molecule has 1 aliphatic rings. The molecule has 0 unspecified atom stereocenters. The fraction of sp³-hybridized carbons (Fsp3) is 0.545. The number of aromatic nitrogens is 1. The van der Waals surface area contributed by atoms with Crippen molar-refractivity contribution in [1.29, 1.82) is 0 Å². The summed E-state index contributed by atoms with van der Waals surface area (Å²) in [6.07, 6.45) is 3.32. The minimum atomic E-state index is 0.0231. The molecule has 28 heavy (non-hydrogen) atoms. The zero-order valence-corrected chi connectivity index (χ0v) is 17.1. The van der Waals surface area contributed by atoms with E-state index in [1.807, 2.05) is 29.2 Å². The lowest BCUT2D eigenvalue weighted by Gasteiger charge is -2.31. The highest BCUT2D eigenvalue weighted by Gasteiger charge is 2.26. The third-order valence-electron chi connectivity index (χ3n) is 5.48. The zero-order chi connectivity index (χ0) is 20.1. The smallest absolute Gasteiger partial charge is 0.270 e. The molecule has 0 radical (unpaired) electrons. The van der Waals surface area contributed by atoms with Gasteiger partial charge >= 0.3 is 0 Å². The van der Waals surface area contributed by atoms with E-state index in [-0.39, 0.29) is 11.8 Å². The van der Waals surface area contributed by atoms with Gasteiger partial charge in [0.15, 0.2) is 0 Å². The predicted molar refractivity (Wildman–Crippen MR) is 111 cm³/mol. The number of carbonyl (C=O) groups excluding carboxylic acids is 2. The first-order valence-corrected chi connectivity index (χ1v) is 10.2. The van der Waals surface area contributed by atoms with Crippen molar-refractivity contribution in [3.8, 4) is 5.75 Å². The van der Waals surface area contributed by atoms with Gasteiger partial charge in [-0.2, -0.15) is 0 Å². The Morgan fingerprint density at radius 3 is 2.68 bits per heavy atom. The van der Waals surface area contributed by atoms with E-state index in [0.717, 1.165) is 42.5 Å². The van der Waals surface area contributed by atoms with Crippen LogP contribution < -0.4 is 10.1 Å². The lowest BCUT2D eigenvalue weighted by Crippen LogP contribution is -2.40. The Morgan fingerprint density at radius 1 is 1.25 bits per heavy atom. The molecule has 3 rings (SSSR count). The van der Waals surface area contributed by atoms with E-state index in [9.17, 15) is 9.59 Å². The van der Waals surface area contributed by atoms with E-state index in [1.165, 1.54) is 0 Å². The number of hydrogen-bond donors (Lipinski definition) is 2. The SMILES string of the molecule is COc1ccc2cc(C(=O)N3CCC(CC(=O)NCCC(C)C)CC3)[nH]c2c1. The Kier molecular flexibility index (Phi) is 6.60. The van der Waals surface area contributed by atoms with Gasteiger partial charge in [0.25, 0.3) is 5.91 Å². The highest BCUT2D eigenvalue weighted by Crippen LogP contribution is 2.25. The maximum atomic E-state index is 12.8. The number of likely N-dealkylation sites (tertiary alicyclic amines) is 1. The number of aromatic amines is 1. The monoisotopic (exact) mass is 385 g/mol. The molecule has 1 fully saturated rings. The molecular weight excluding hydrogens is 354 g/mol. The largest absolute Gasteiger partial charge is 0.497 e. The second-order valence-electron chi connectivity index (χ2n) is 8.11. The molecule has 0 saturated carbocycles. The van der Waals surface area contributed by atoms with E-state index in [2.05, 4.69) is 24.1 Å². The lowest BCUT2D eigenvalue weighted by molar-refractivity contribution is -0.122. The van der Waals surface area contributed by atoms with Crippen LogP contribution in [0.25, 0.3) is 10.9 Å². The Bertz CT molecular complexity index is 820. The summed E-state index contributed by atoms with van der Waals surface area (Å²) >= 11 is 0. The van der Waals surface area contributed by atoms with Gasteiger partial charge in [0, 0.05) is 43.0 Å². The number of piperidine rings is 1. The highest BCUT2D eigenvalue weighted by atomic mass is 16.5. The normalized spacial score (nSPS) is 15.2. The standard InChI is InChI=1S/C22H31N3O3/c1-15(2)6-9-23-21(26)12-16-7-10-25(11-8-16)22(27)20-13-17-4-5-18(28-3)14-19(17)24-20/h4-5,13-16,24H,6-12H2,1-3H3,(H,23,26). The van der Waals surface area contributed by atoms with Crippen molar-refractivity contribution in [2.75, 3.05) is 26.7 Å². The van der Waals surface area contributed by atoms with E-state index < -0.39 is 0 Å². The van der Waals surface area contributed by atoms with Gasteiger partial charge in [-0.05, 0) is 49.3 Å². The van der Waals surface area contributed by atoms with E-state index in [1.54, 1.807) is 7.11 Å². The summed E-state index contributed by atoms with van der Waals surface area (Å²) in [4.78, 5) is 30.0. The first-order chi connectivity index (χ1) is 13.5. The molecule has 1 aromatic carbocycles. The number of fused-ring (bicyclic) bond motifs is 1. The van der Waals surface area contributed by atoms with Crippen LogP contribution in [0.3, 0.4) is 0 Å². The first kappa shape index (κ1) is 20.2. The number of benzene rings is 1. The van der Waals surface area contributed by atoms with Crippen LogP contribution >= 0.6 is 0 Å². The van der Waals surface area contributed by atoms with Gasteiger partial charge in [0.05, 0.1) is 7.11 Å². The summed E-state index contributed by atoms with van der Waals surface area (Å²) in [5, 5.41) is 4.01. The van der Waals surface area contributed by atoms with Crippen LogP contribution in [0.5, 0.6) is 5.75 Å². The molecule has 6 nitrogen and oxygen atoms in total. The highest BCUT2D eigenvalue weighted by molar-refractivity contribution is 5.98. The van der Waals surface area contributed by atoms with Crippen molar-refractivity contribution in [2.45, 2.75) is 39.5 Å². The van der Waals surface area contributed by atoms with Gasteiger partial charge in [-0.3, -0.25) is 9.59 Å². The fourth-order valence-corrected chi connectivity index (χ4v) is 3.69. The molecule has 1 aromatic heterocycles. The van der Waals surface area contributed by atoms with Crippen LogP contribution in [0.15, 0.2) is 24.3 Å². The Labute approximate surface area is 166 Å². The summed E-state index contributed by atoms with van der Waals surface area (Å²) in [6, 6.07) is 7.63. The summed E-state index contributed by atoms with van der Waals surface area (Å²) in [5.41, 5.74) is 1.50. The quantitative estimate of drug-likeness (QED) is 0.765. The van der Waals surface area contributed by atoms with Crippen molar-refractivity contribution in [2.24, 2.45) is 11.8 Å². The van der Waals surface area contributed by atoms with Crippen LogP contribution in [-0.2, 0) is 4.79 Å². The van der Waals surface area contributed by atoms with Gasteiger partial charge in [0.1, 0.15) is 11.4 Å². The van der Waals surface area contributed by atoms with Gasteiger partial charge in [-0.25, -0.2) is 0 Å². The average molecular weight is 386 g/mol. The molecule has 0 aliphatic carbocycles. The molecule has 1 saturated heterocycles. The Morgan fingerprint density at radius 2 is 2.00 bits per heavy atom. The van der Waals surface area contributed by atoms with Crippen LogP contribution in [0.4, 0.5) is 0 Å². The van der Waals surface area contributed by atoms with Gasteiger partial charge in [-0.15, -0.1) is 0 Å². The van der Waals surface area contributed by atoms with Crippen LogP contribution in [0.2, 0.25) is 0 Å². The van der Waals surface area contributed by atoms with Crippen molar-refractivity contribution >= 4 is 22.7 Å². The molecule has 1 aliphatic heterocycles.